The molecule has 1 aliphatic heterocycles. The van der Waals surface area contributed by atoms with E-state index in [1.54, 1.807) is 30.3 Å². The van der Waals surface area contributed by atoms with Crippen molar-refractivity contribution in [2.45, 2.75) is 26.0 Å². The highest BCUT2D eigenvalue weighted by molar-refractivity contribution is 7.21. The van der Waals surface area contributed by atoms with Crippen LogP contribution in [0.1, 0.15) is 45.5 Å². The maximum absolute atomic E-state index is 13.1. The monoisotopic (exact) mass is 438 g/mol. The van der Waals surface area contributed by atoms with Crippen molar-refractivity contribution in [3.05, 3.63) is 58.6 Å². The molecule has 0 spiro atoms. The van der Waals surface area contributed by atoms with E-state index >= 15 is 0 Å². The van der Waals surface area contributed by atoms with Gasteiger partial charge in [-0.3, -0.25) is 9.59 Å². The summed E-state index contributed by atoms with van der Waals surface area (Å²) in [5.74, 6) is 0.470. The first-order valence-electron chi connectivity index (χ1n) is 10.3. The summed E-state index contributed by atoms with van der Waals surface area (Å²) in [6, 6.07) is 11.4. The summed E-state index contributed by atoms with van der Waals surface area (Å²) in [5, 5.41) is 6.96. The average molecular weight is 439 g/mol. The number of amides is 2. The number of nitrogens with one attached hydrogen (secondary N) is 2. The molecule has 1 aliphatic rings. The minimum absolute atomic E-state index is 0.0315. The van der Waals surface area contributed by atoms with E-state index in [-0.39, 0.29) is 24.0 Å². The lowest BCUT2D eigenvalue weighted by Crippen LogP contribution is -2.42. The number of ether oxygens (including phenoxy) is 1. The van der Waals surface area contributed by atoms with E-state index in [4.69, 9.17) is 4.74 Å². The first-order valence-corrected chi connectivity index (χ1v) is 11.2. The molecule has 0 saturated carbocycles. The third-order valence-electron chi connectivity index (χ3n) is 5.20. The topological polar surface area (TPSA) is 83.6 Å². The summed E-state index contributed by atoms with van der Waals surface area (Å²) in [6.45, 7) is 5.18. The summed E-state index contributed by atoms with van der Waals surface area (Å²) >= 11 is 1.47. The normalized spacial score (nSPS) is 16.5. The molecule has 0 aliphatic carbocycles. The number of carbonyl (C=O) groups excluding carboxylic acids is 2. The largest absolute Gasteiger partial charge is 0.373 e. The molecular formula is C23H26N4O3S. The van der Waals surface area contributed by atoms with Crippen molar-refractivity contribution in [2.75, 3.05) is 32.1 Å². The smallest absolute Gasteiger partial charge is 0.261 e. The Morgan fingerprint density at radius 3 is 2.84 bits per heavy atom. The van der Waals surface area contributed by atoms with Gasteiger partial charge in [0.25, 0.3) is 11.8 Å². The zero-order valence-electron chi connectivity index (χ0n) is 17.8. The molecule has 0 radical (unpaired) electrons. The number of hydrogen-bond acceptors (Lipinski definition) is 6. The molecule has 7 nitrogen and oxygen atoms in total. The number of rotatable bonds is 5. The quantitative estimate of drug-likeness (QED) is 0.635. The molecule has 1 atom stereocenters. The van der Waals surface area contributed by atoms with Crippen molar-refractivity contribution >= 4 is 39.1 Å². The number of fused-ring (bicyclic) bond motifs is 1. The van der Waals surface area contributed by atoms with E-state index in [9.17, 15) is 9.59 Å². The second-order valence-corrected chi connectivity index (χ2v) is 8.81. The fourth-order valence-electron chi connectivity index (χ4n) is 3.77. The number of anilines is 1. The summed E-state index contributed by atoms with van der Waals surface area (Å²) < 4.78 is 7.13. The first kappa shape index (κ1) is 21.3. The van der Waals surface area contributed by atoms with Gasteiger partial charge in [-0.2, -0.15) is 0 Å². The number of carbonyl (C=O) groups is 2. The molecule has 8 heteroatoms. The van der Waals surface area contributed by atoms with Gasteiger partial charge in [0, 0.05) is 41.7 Å². The molecule has 3 heterocycles. The molecule has 2 aromatic heterocycles. The van der Waals surface area contributed by atoms with E-state index in [0.29, 0.717) is 36.0 Å². The zero-order chi connectivity index (χ0) is 22.0. The molecule has 1 saturated heterocycles. The average Bonchev–Trinajstić information content (AvgIpc) is 3.18. The fourth-order valence-corrected chi connectivity index (χ4v) is 4.93. The number of thiophene rings is 1. The van der Waals surface area contributed by atoms with Gasteiger partial charge < -0.3 is 20.3 Å². The maximum Gasteiger partial charge on any atom is 0.261 e. The summed E-state index contributed by atoms with van der Waals surface area (Å²) in [4.78, 5) is 32.7. The van der Waals surface area contributed by atoms with Crippen LogP contribution in [0.25, 0.3) is 10.1 Å². The van der Waals surface area contributed by atoms with Crippen molar-refractivity contribution < 1.29 is 14.3 Å². The molecule has 162 valence electrons. The fraction of sp³-hybridized carbons (Fsp3) is 0.348. The number of morpholine rings is 1. The van der Waals surface area contributed by atoms with E-state index in [1.165, 1.54) is 11.3 Å². The highest BCUT2D eigenvalue weighted by Crippen LogP contribution is 2.38. The number of aromatic nitrogens is 1. The molecule has 4 rings (SSSR count). The predicted molar refractivity (Wildman–Crippen MR) is 123 cm³/mol. The Hall–Kier alpha value is -2.97. The summed E-state index contributed by atoms with van der Waals surface area (Å²) in [5.41, 5.74) is 1.44. The van der Waals surface area contributed by atoms with E-state index < -0.39 is 0 Å². The van der Waals surface area contributed by atoms with Gasteiger partial charge in [0.05, 0.1) is 18.0 Å². The number of pyridine rings is 1. The van der Waals surface area contributed by atoms with Crippen molar-refractivity contribution in [3.63, 3.8) is 0 Å². The molecule has 0 bridgehead atoms. The van der Waals surface area contributed by atoms with Gasteiger partial charge in [0.15, 0.2) is 0 Å². The second kappa shape index (κ2) is 9.03. The van der Waals surface area contributed by atoms with Crippen LogP contribution in [0.3, 0.4) is 0 Å². The van der Waals surface area contributed by atoms with Crippen molar-refractivity contribution in [2.24, 2.45) is 0 Å². The maximum atomic E-state index is 13.1. The Morgan fingerprint density at radius 2 is 2.06 bits per heavy atom. The number of benzene rings is 1. The second-order valence-electron chi connectivity index (χ2n) is 7.76. The Kier molecular flexibility index (Phi) is 6.20. The highest BCUT2D eigenvalue weighted by Gasteiger charge is 2.32. The van der Waals surface area contributed by atoms with Gasteiger partial charge in [-0.05, 0) is 37.4 Å². The molecule has 2 N–H and O–H groups in total. The third-order valence-corrected chi connectivity index (χ3v) is 6.38. The van der Waals surface area contributed by atoms with E-state index in [0.717, 1.165) is 15.6 Å². The Labute approximate surface area is 185 Å². The van der Waals surface area contributed by atoms with Gasteiger partial charge in [-0.25, -0.2) is 4.98 Å². The van der Waals surface area contributed by atoms with Crippen molar-refractivity contribution in [3.8, 4) is 0 Å². The summed E-state index contributed by atoms with van der Waals surface area (Å²) in [6.07, 6.45) is 1.25. The molecule has 31 heavy (non-hydrogen) atoms. The van der Waals surface area contributed by atoms with Gasteiger partial charge in [0.1, 0.15) is 11.9 Å². The van der Waals surface area contributed by atoms with E-state index in [1.807, 2.05) is 38.1 Å². The minimum atomic E-state index is -0.368. The summed E-state index contributed by atoms with van der Waals surface area (Å²) in [7, 11) is 1.77. The van der Waals surface area contributed by atoms with Crippen LogP contribution in [0.15, 0.2) is 42.6 Å². The van der Waals surface area contributed by atoms with E-state index in [2.05, 4.69) is 15.6 Å². The van der Waals surface area contributed by atoms with Crippen LogP contribution >= 0.6 is 11.3 Å². The van der Waals surface area contributed by atoms with Crippen LogP contribution in [-0.2, 0) is 4.74 Å². The lowest BCUT2D eigenvalue weighted by molar-refractivity contribution is -0.0222. The number of hydrogen-bond donors (Lipinski definition) is 2. The minimum Gasteiger partial charge on any atom is -0.373 e. The molecule has 2 amide bonds. The van der Waals surface area contributed by atoms with Crippen LogP contribution in [0, 0.1) is 0 Å². The van der Waals surface area contributed by atoms with Gasteiger partial charge >= 0.3 is 0 Å². The zero-order valence-corrected chi connectivity index (χ0v) is 18.7. The van der Waals surface area contributed by atoms with Crippen molar-refractivity contribution in [1.82, 2.24) is 15.2 Å². The van der Waals surface area contributed by atoms with Crippen LogP contribution in [-0.4, -0.2) is 54.5 Å². The molecular weight excluding hydrogens is 412 g/mol. The molecule has 0 unspecified atom stereocenters. The van der Waals surface area contributed by atoms with Gasteiger partial charge in [-0.15, -0.1) is 11.3 Å². The lowest BCUT2D eigenvalue weighted by atomic mass is 10.0. The van der Waals surface area contributed by atoms with Crippen molar-refractivity contribution in [1.29, 1.82) is 0 Å². The van der Waals surface area contributed by atoms with Crippen LogP contribution in [0.5, 0.6) is 0 Å². The molecule has 1 aromatic carbocycles. The van der Waals surface area contributed by atoms with Gasteiger partial charge in [0.2, 0.25) is 0 Å². The Bertz CT molecular complexity index is 1110. The molecule has 3 aromatic rings. The lowest BCUT2D eigenvalue weighted by Gasteiger charge is -2.33. The van der Waals surface area contributed by atoms with Crippen LogP contribution in [0.4, 0.5) is 5.82 Å². The van der Waals surface area contributed by atoms with Crippen LogP contribution < -0.4 is 10.6 Å². The third kappa shape index (κ3) is 4.40. The molecule has 1 fully saturated rings. The van der Waals surface area contributed by atoms with Crippen LogP contribution in [0.2, 0.25) is 0 Å². The number of nitrogens with zero attached hydrogens (tertiary/aromatic N) is 2. The van der Waals surface area contributed by atoms with Gasteiger partial charge in [-0.1, -0.05) is 18.2 Å². The SMILES string of the molecule is CNc1cc(C(=O)N2CCO[C@@H](c3c(C(=O)NC(C)C)sc4ccccc34)C2)ccn1. The predicted octanol–water partition coefficient (Wildman–Crippen LogP) is 3.69. The highest BCUT2D eigenvalue weighted by atomic mass is 32.1. The Balaban J connectivity index is 1.66. The first-order chi connectivity index (χ1) is 15.0. The Morgan fingerprint density at radius 1 is 1.26 bits per heavy atom. The standard InChI is InChI=1S/C23H26N4O3S/c1-14(2)26-22(28)21-20(16-6-4-5-7-18(16)31-21)17-13-27(10-11-30-17)23(29)15-8-9-25-19(12-15)24-3/h4-9,12,14,17H,10-11,13H2,1-3H3,(H,24,25)(H,26,28)/t17-/m1/s1.